The molecule has 0 radical (unpaired) electrons. The van der Waals surface area contributed by atoms with Gasteiger partial charge in [-0.1, -0.05) is 52.6 Å². The number of benzene rings is 2. The van der Waals surface area contributed by atoms with Gasteiger partial charge in [0.05, 0.1) is 23.4 Å². The summed E-state index contributed by atoms with van der Waals surface area (Å²) in [6, 6.07) is 16.6. The molecule has 4 rings (SSSR count). The molecule has 2 unspecified atom stereocenters. The van der Waals surface area contributed by atoms with E-state index in [0.717, 1.165) is 0 Å². The van der Waals surface area contributed by atoms with Crippen LogP contribution in [0.1, 0.15) is 6.92 Å². The molecule has 2 aliphatic heterocycles. The van der Waals surface area contributed by atoms with E-state index in [2.05, 4.69) is 54.2 Å². The molecule has 6 nitrogen and oxygen atoms in total. The van der Waals surface area contributed by atoms with Gasteiger partial charge in [0, 0.05) is 29.0 Å². The number of azo groups is 1. The molecule has 8 heteroatoms. The van der Waals surface area contributed by atoms with E-state index in [9.17, 15) is 0 Å². The van der Waals surface area contributed by atoms with Crippen LogP contribution in [0.4, 0.5) is 11.4 Å². The molecule has 0 aliphatic carbocycles. The number of hydrogen-bond acceptors (Lipinski definition) is 6. The van der Waals surface area contributed by atoms with Crippen molar-refractivity contribution < 1.29 is 4.79 Å². The van der Waals surface area contributed by atoms with Gasteiger partial charge >= 0.3 is 5.84 Å². The molecule has 0 saturated heterocycles. The van der Waals surface area contributed by atoms with Gasteiger partial charge in [-0.25, -0.2) is 0 Å². The summed E-state index contributed by atoms with van der Waals surface area (Å²) in [6.07, 6.45) is 0. The molecule has 2 atom stereocenters. The third-order valence-electron chi connectivity index (χ3n) is 4.22. The number of anilines is 2. The van der Waals surface area contributed by atoms with E-state index in [1.165, 1.54) is 21.2 Å². The zero-order valence-electron chi connectivity index (χ0n) is 14.8. The van der Waals surface area contributed by atoms with Crippen LogP contribution in [0.3, 0.4) is 0 Å². The number of thioether (sulfide) groups is 2. The molecule has 2 heterocycles. The first kappa shape index (κ1) is 17.1. The lowest BCUT2D eigenvalue weighted by molar-refractivity contribution is -0.0960. The topological polar surface area (TPSA) is 57.7 Å². The lowest BCUT2D eigenvalue weighted by Gasteiger charge is -2.14. The van der Waals surface area contributed by atoms with Crippen LogP contribution in [0.5, 0.6) is 0 Å². The average Bonchev–Trinajstić information content (AvgIpc) is 3.16. The second kappa shape index (κ2) is 7.15. The van der Waals surface area contributed by atoms with Gasteiger partial charge in [-0.3, -0.25) is 0 Å². The first-order chi connectivity index (χ1) is 12.6. The van der Waals surface area contributed by atoms with Crippen molar-refractivity contribution in [1.29, 1.82) is 0 Å². The molecule has 0 bridgehead atoms. The van der Waals surface area contributed by atoms with Gasteiger partial charge in [0.2, 0.25) is 11.0 Å². The Kier molecular flexibility index (Phi) is 4.72. The monoisotopic (exact) mass is 383 g/mol. The number of nitrogens with zero attached hydrogens (tertiary/aromatic N) is 6. The van der Waals surface area contributed by atoms with Crippen molar-refractivity contribution in [1.82, 2.24) is 0 Å². The fraction of sp³-hybridized carbons (Fsp3) is 0.278. The summed E-state index contributed by atoms with van der Waals surface area (Å²) in [6.45, 7) is 1.83. The van der Waals surface area contributed by atoms with Crippen LogP contribution in [0.2, 0.25) is 0 Å². The minimum absolute atomic E-state index is 0.0645. The van der Waals surface area contributed by atoms with Crippen LogP contribution in [-0.2, 0) is 0 Å². The number of hydrogen-bond donors (Lipinski definition) is 0. The van der Waals surface area contributed by atoms with E-state index in [4.69, 9.17) is 0 Å². The zero-order valence-corrected chi connectivity index (χ0v) is 16.4. The normalized spacial score (nSPS) is 20.9. The van der Waals surface area contributed by atoms with E-state index >= 15 is 0 Å². The summed E-state index contributed by atoms with van der Waals surface area (Å²) < 4.78 is 0. The number of para-hydroxylation sites is 2. The Hall–Kier alpha value is -2.28. The lowest BCUT2D eigenvalue weighted by atomic mass is 10.3. The Morgan fingerprint density at radius 1 is 0.885 bits per heavy atom. The lowest BCUT2D eigenvalue weighted by Crippen LogP contribution is -2.22. The maximum Gasteiger partial charge on any atom is 0.443 e. The molecule has 26 heavy (non-hydrogen) atoms. The molecular weight excluding hydrogens is 364 g/mol. The number of amidine groups is 1. The molecule has 0 saturated carbocycles. The summed E-state index contributed by atoms with van der Waals surface area (Å²) in [5.74, 6) is 0.555. The van der Waals surface area contributed by atoms with E-state index in [0.29, 0.717) is 5.84 Å². The van der Waals surface area contributed by atoms with Gasteiger partial charge < -0.3 is 9.80 Å². The van der Waals surface area contributed by atoms with Crippen molar-refractivity contribution in [2.45, 2.75) is 27.7 Å². The van der Waals surface area contributed by atoms with Gasteiger partial charge in [-0.05, 0) is 29.4 Å². The fourth-order valence-corrected chi connectivity index (χ4v) is 4.97. The first-order valence-electron chi connectivity index (χ1n) is 8.26. The predicted molar refractivity (Wildman–Crippen MR) is 107 cm³/mol. The minimum atomic E-state index is -0.0645. The molecule has 0 N–H and O–H groups in total. The second-order valence-electron chi connectivity index (χ2n) is 6.02. The summed E-state index contributed by atoms with van der Waals surface area (Å²) >= 11 is 3.38. The summed E-state index contributed by atoms with van der Waals surface area (Å²) in [5.41, 5.74) is 2.24. The highest BCUT2D eigenvalue weighted by atomic mass is 32.2. The Morgan fingerprint density at radius 2 is 1.42 bits per heavy atom. The van der Waals surface area contributed by atoms with Crippen LogP contribution in [-0.4, -0.2) is 35.7 Å². The molecule has 0 aromatic heterocycles. The second-order valence-corrected chi connectivity index (χ2v) is 8.22. The van der Waals surface area contributed by atoms with Gasteiger partial charge in [0.25, 0.3) is 0 Å². The highest BCUT2D eigenvalue weighted by Crippen LogP contribution is 2.43. The molecule has 0 spiro atoms. The van der Waals surface area contributed by atoms with Crippen molar-refractivity contribution in [3.05, 3.63) is 48.5 Å². The maximum atomic E-state index is 4.43. The maximum absolute atomic E-state index is 4.43. The van der Waals surface area contributed by atoms with Crippen LogP contribution in [0, 0.1) is 0 Å². The third kappa shape index (κ3) is 3.23. The molecule has 0 amide bonds. The standard InChI is InChI=1S/C18H19N6S2/c1-12(19-21-17-23(2)13-8-4-6-10-15(13)25-17)20-22-18-24(3)14-9-5-7-11-16(14)26-18/h4-11,17-18H,1-3H3/q+1. The van der Waals surface area contributed by atoms with E-state index in [1.54, 1.807) is 23.5 Å². The van der Waals surface area contributed by atoms with Crippen molar-refractivity contribution in [2.75, 3.05) is 23.9 Å². The summed E-state index contributed by atoms with van der Waals surface area (Å²) in [5, 5.41) is 13.1. The largest absolute Gasteiger partial charge is 0.443 e. The van der Waals surface area contributed by atoms with E-state index in [1.807, 2.05) is 45.3 Å². The van der Waals surface area contributed by atoms with Crippen LogP contribution >= 0.6 is 23.5 Å². The molecule has 0 fully saturated rings. The molecule has 2 aromatic carbocycles. The smallest absolute Gasteiger partial charge is 0.340 e. The number of rotatable bonds is 2. The van der Waals surface area contributed by atoms with Gasteiger partial charge in [0.15, 0.2) is 0 Å². The van der Waals surface area contributed by atoms with Crippen LogP contribution < -0.4 is 9.80 Å². The minimum Gasteiger partial charge on any atom is -0.340 e. The third-order valence-corrected chi connectivity index (χ3v) is 6.66. The molecule has 132 valence electrons. The Bertz CT molecular complexity index is 921. The van der Waals surface area contributed by atoms with Crippen LogP contribution in [0.25, 0.3) is 0 Å². The van der Waals surface area contributed by atoms with Gasteiger partial charge in [-0.15, -0.1) is 0 Å². The van der Waals surface area contributed by atoms with Crippen molar-refractivity contribution >= 4 is 40.7 Å². The highest BCUT2D eigenvalue weighted by molar-refractivity contribution is 8.00. The zero-order chi connectivity index (χ0) is 18.1. The van der Waals surface area contributed by atoms with Crippen molar-refractivity contribution in [2.24, 2.45) is 15.3 Å². The van der Waals surface area contributed by atoms with Crippen molar-refractivity contribution in [3.8, 4) is 0 Å². The molecule has 2 aromatic rings. The van der Waals surface area contributed by atoms with Crippen molar-refractivity contribution in [3.63, 3.8) is 0 Å². The van der Waals surface area contributed by atoms with Gasteiger partial charge in [-0.2, -0.15) is 0 Å². The SMILES string of the molecule is CC(N=NC1Sc2ccccc2N1C)=[N+]=NC1Sc2ccccc2N1C. The summed E-state index contributed by atoms with van der Waals surface area (Å²) in [4.78, 5) is 10.9. The Morgan fingerprint density at radius 3 is 2.04 bits per heavy atom. The van der Waals surface area contributed by atoms with E-state index in [-0.39, 0.29) is 11.0 Å². The Balaban J connectivity index is 1.45. The molecular formula is C18H19N6S2+. The predicted octanol–water partition coefficient (Wildman–Crippen LogP) is 4.57. The van der Waals surface area contributed by atoms with Gasteiger partial charge in [0.1, 0.15) is 0 Å². The fourth-order valence-electron chi connectivity index (χ4n) is 2.81. The van der Waals surface area contributed by atoms with Crippen LogP contribution in [0.15, 0.2) is 73.7 Å². The van der Waals surface area contributed by atoms with E-state index < -0.39 is 0 Å². The molecule has 2 aliphatic rings. The Labute approximate surface area is 161 Å². The summed E-state index contributed by atoms with van der Waals surface area (Å²) in [7, 11) is 4.06. The average molecular weight is 384 g/mol. The quantitative estimate of drug-likeness (QED) is 0.330. The first-order valence-corrected chi connectivity index (χ1v) is 10.0. The number of fused-ring (bicyclic) bond motifs is 2. The highest BCUT2D eigenvalue weighted by Gasteiger charge is 2.29.